The van der Waals surface area contributed by atoms with Crippen LogP contribution in [0.4, 0.5) is 24.5 Å². The van der Waals surface area contributed by atoms with Crippen LogP contribution in [0.25, 0.3) is 0 Å². The number of alkyl halides is 3. The van der Waals surface area contributed by atoms with Crippen LogP contribution in [0.5, 0.6) is 0 Å². The smallest absolute Gasteiger partial charge is 0.398 e. The predicted molar refractivity (Wildman–Crippen MR) is 74.6 cm³/mol. The van der Waals surface area contributed by atoms with E-state index < -0.39 is 17.6 Å². The molecule has 1 aliphatic rings. The molecule has 0 radical (unpaired) electrons. The fourth-order valence-electron chi connectivity index (χ4n) is 2.67. The number of hydrogen-bond acceptors (Lipinski definition) is 3. The fourth-order valence-corrected chi connectivity index (χ4v) is 2.67. The highest BCUT2D eigenvalue weighted by molar-refractivity contribution is 5.77. The molecular weight excluding hydrogens is 283 g/mol. The molecule has 1 aromatic rings. The molecule has 1 saturated heterocycles. The highest BCUT2D eigenvalue weighted by Crippen LogP contribution is 2.37. The molecule has 1 fully saturated rings. The molecule has 1 aliphatic heterocycles. The van der Waals surface area contributed by atoms with E-state index in [0.717, 1.165) is 6.07 Å². The molecule has 1 heterocycles. The van der Waals surface area contributed by atoms with Crippen LogP contribution in [0.3, 0.4) is 0 Å². The molecule has 1 aromatic carbocycles. The Bertz CT molecular complexity index is 545. The third kappa shape index (κ3) is 3.22. The lowest BCUT2D eigenvalue weighted by Crippen LogP contribution is -2.46. The minimum Gasteiger partial charge on any atom is -0.398 e. The standard InChI is InChI=1S/C14H18F3N3O/c1-8-2-3-9(13(19)21)7-20(8)10-4-5-12(18)11(6-10)14(15,16)17/h4-6,8-9H,2-3,7,18H2,1H3,(H2,19,21). The lowest BCUT2D eigenvalue weighted by Gasteiger charge is -2.39. The molecule has 2 atom stereocenters. The van der Waals surface area contributed by atoms with E-state index in [0.29, 0.717) is 25.1 Å². The first-order valence-corrected chi connectivity index (χ1v) is 6.73. The van der Waals surface area contributed by atoms with Crippen LogP contribution < -0.4 is 16.4 Å². The Kier molecular flexibility index (Phi) is 4.02. The predicted octanol–water partition coefficient (Wildman–Crippen LogP) is 2.38. The molecule has 4 nitrogen and oxygen atoms in total. The second-order valence-corrected chi connectivity index (χ2v) is 5.45. The second kappa shape index (κ2) is 5.46. The van der Waals surface area contributed by atoms with Crippen molar-refractivity contribution in [1.82, 2.24) is 0 Å². The minimum atomic E-state index is -4.50. The summed E-state index contributed by atoms with van der Waals surface area (Å²) in [5.74, 6) is -0.758. The van der Waals surface area contributed by atoms with Gasteiger partial charge in [0, 0.05) is 24.0 Å². The van der Waals surface area contributed by atoms with E-state index in [9.17, 15) is 18.0 Å². The van der Waals surface area contributed by atoms with Gasteiger partial charge in [0.05, 0.1) is 11.5 Å². The van der Waals surface area contributed by atoms with Gasteiger partial charge in [0.2, 0.25) is 5.91 Å². The number of nitrogens with two attached hydrogens (primary N) is 2. The normalized spacial score (nSPS) is 23.1. The van der Waals surface area contributed by atoms with Crippen molar-refractivity contribution < 1.29 is 18.0 Å². The van der Waals surface area contributed by atoms with E-state index >= 15 is 0 Å². The van der Waals surface area contributed by atoms with E-state index in [1.165, 1.54) is 6.07 Å². The second-order valence-electron chi connectivity index (χ2n) is 5.45. The molecular formula is C14H18F3N3O. The Morgan fingerprint density at radius 2 is 2.00 bits per heavy atom. The maximum absolute atomic E-state index is 12.9. The quantitative estimate of drug-likeness (QED) is 0.824. The van der Waals surface area contributed by atoms with E-state index in [-0.39, 0.29) is 17.6 Å². The van der Waals surface area contributed by atoms with Crippen LogP contribution in [-0.4, -0.2) is 18.5 Å². The zero-order valence-corrected chi connectivity index (χ0v) is 11.7. The Morgan fingerprint density at radius 1 is 1.33 bits per heavy atom. The van der Waals surface area contributed by atoms with Crippen molar-refractivity contribution in [3.8, 4) is 0 Å². The molecule has 7 heteroatoms. The summed E-state index contributed by atoms with van der Waals surface area (Å²) in [6, 6.07) is 3.88. The van der Waals surface area contributed by atoms with Gasteiger partial charge in [-0.05, 0) is 38.0 Å². The van der Waals surface area contributed by atoms with E-state index in [1.807, 2.05) is 6.92 Å². The third-order valence-electron chi connectivity index (χ3n) is 3.96. The summed E-state index contributed by atoms with van der Waals surface area (Å²) >= 11 is 0. The number of piperidine rings is 1. The highest BCUT2D eigenvalue weighted by Gasteiger charge is 2.35. The Hall–Kier alpha value is -1.92. The zero-order chi connectivity index (χ0) is 15.8. The van der Waals surface area contributed by atoms with Crippen molar-refractivity contribution in [3.63, 3.8) is 0 Å². The minimum absolute atomic E-state index is 0.0466. The van der Waals surface area contributed by atoms with E-state index in [1.54, 1.807) is 11.0 Å². The summed E-state index contributed by atoms with van der Waals surface area (Å²) in [6.45, 7) is 2.25. The number of amides is 1. The molecule has 0 aromatic heterocycles. The molecule has 2 unspecified atom stereocenters. The Labute approximate surface area is 120 Å². The molecule has 0 spiro atoms. The molecule has 1 amide bonds. The van der Waals surface area contributed by atoms with Crippen molar-refractivity contribution in [2.45, 2.75) is 32.0 Å². The molecule has 21 heavy (non-hydrogen) atoms. The van der Waals surface area contributed by atoms with Crippen LogP contribution in [0.15, 0.2) is 18.2 Å². The maximum atomic E-state index is 12.9. The molecule has 0 saturated carbocycles. The average Bonchev–Trinajstić information content (AvgIpc) is 2.38. The number of halogens is 3. The van der Waals surface area contributed by atoms with Gasteiger partial charge in [-0.25, -0.2) is 0 Å². The number of carbonyl (C=O) groups is 1. The molecule has 2 rings (SSSR count). The fraction of sp³-hybridized carbons (Fsp3) is 0.500. The largest absolute Gasteiger partial charge is 0.418 e. The summed E-state index contributed by atoms with van der Waals surface area (Å²) in [5, 5.41) is 0. The molecule has 0 bridgehead atoms. The lowest BCUT2D eigenvalue weighted by molar-refractivity contribution is -0.136. The molecule has 4 N–H and O–H groups in total. The molecule has 116 valence electrons. The molecule has 0 aliphatic carbocycles. The van der Waals surface area contributed by atoms with Crippen molar-refractivity contribution in [1.29, 1.82) is 0 Å². The summed E-state index contributed by atoms with van der Waals surface area (Å²) in [6.07, 6.45) is -3.13. The van der Waals surface area contributed by atoms with Crippen molar-refractivity contribution in [2.75, 3.05) is 17.2 Å². The third-order valence-corrected chi connectivity index (χ3v) is 3.96. The average molecular weight is 301 g/mol. The number of hydrogen-bond donors (Lipinski definition) is 2. The lowest BCUT2D eigenvalue weighted by atomic mass is 9.92. The summed E-state index contributed by atoms with van der Waals surface area (Å²) in [7, 11) is 0. The first kappa shape index (κ1) is 15.5. The number of carbonyl (C=O) groups excluding carboxylic acids is 1. The van der Waals surface area contributed by atoms with E-state index in [4.69, 9.17) is 11.5 Å². The Balaban J connectivity index is 2.34. The first-order chi connectivity index (χ1) is 9.70. The van der Waals surface area contributed by atoms with Crippen LogP contribution >= 0.6 is 0 Å². The summed E-state index contributed by atoms with van der Waals surface area (Å²) in [4.78, 5) is 13.1. The monoisotopic (exact) mass is 301 g/mol. The SMILES string of the molecule is CC1CCC(C(N)=O)CN1c1ccc(N)c(C(F)(F)F)c1. The number of anilines is 2. The van der Waals surface area contributed by atoms with Crippen LogP contribution in [-0.2, 0) is 11.0 Å². The van der Waals surface area contributed by atoms with Crippen LogP contribution in [0.2, 0.25) is 0 Å². The van der Waals surface area contributed by atoms with Gasteiger partial charge in [-0.3, -0.25) is 4.79 Å². The van der Waals surface area contributed by atoms with Gasteiger partial charge in [0.1, 0.15) is 0 Å². The van der Waals surface area contributed by atoms with Gasteiger partial charge in [-0.2, -0.15) is 13.2 Å². The van der Waals surface area contributed by atoms with Crippen molar-refractivity contribution >= 4 is 17.3 Å². The van der Waals surface area contributed by atoms with Gasteiger partial charge in [0.15, 0.2) is 0 Å². The number of rotatable bonds is 2. The van der Waals surface area contributed by atoms with Crippen molar-refractivity contribution in [2.24, 2.45) is 11.7 Å². The zero-order valence-electron chi connectivity index (χ0n) is 11.7. The topological polar surface area (TPSA) is 72.4 Å². The van der Waals surface area contributed by atoms with Gasteiger partial charge in [-0.15, -0.1) is 0 Å². The van der Waals surface area contributed by atoms with Gasteiger partial charge < -0.3 is 16.4 Å². The number of nitrogen functional groups attached to an aromatic ring is 1. The van der Waals surface area contributed by atoms with Gasteiger partial charge in [-0.1, -0.05) is 0 Å². The van der Waals surface area contributed by atoms with Gasteiger partial charge in [0.25, 0.3) is 0 Å². The van der Waals surface area contributed by atoms with Crippen LogP contribution in [0.1, 0.15) is 25.3 Å². The Morgan fingerprint density at radius 3 is 2.57 bits per heavy atom. The van der Waals surface area contributed by atoms with Crippen molar-refractivity contribution in [3.05, 3.63) is 23.8 Å². The van der Waals surface area contributed by atoms with Crippen LogP contribution in [0, 0.1) is 5.92 Å². The number of primary amides is 1. The summed E-state index contributed by atoms with van der Waals surface area (Å²) in [5.41, 5.74) is 9.97. The number of nitrogens with zero attached hydrogens (tertiary/aromatic N) is 1. The first-order valence-electron chi connectivity index (χ1n) is 6.73. The highest BCUT2D eigenvalue weighted by atomic mass is 19.4. The van der Waals surface area contributed by atoms with Gasteiger partial charge >= 0.3 is 6.18 Å². The maximum Gasteiger partial charge on any atom is 0.418 e. The van der Waals surface area contributed by atoms with E-state index in [2.05, 4.69) is 0 Å². The summed E-state index contributed by atoms with van der Waals surface area (Å²) < 4.78 is 38.8. The number of benzene rings is 1.